The van der Waals surface area contributed by atoms with E-state index >= 15 is 0 Å². The van der Waals surface area contributed by atoms with Crippen molar-refractivity contribution in [2.75, 3.05) is 48.5 Å². The van der Waals surface area contributed by atoms with Crippen LogP contribution in [-0.4, -0.2) is 53.4 Å². The minimum absolute atomic E-state index is 0.212. The maximum Gasteiger partial charge on any atom is 0.203 e. The lowest BCUT2D eigenvalue weighted by atomic mass is 10.1. The second kappa shape index (κ2) is 7.97. The normalized spacial score (nSPS) is 12.3. The summed E-state index contributed by atoms with van der Waals surface area (Å²) >= 11 is 0. The molecule has 0 aliphatic rings. The molecule has 1 N–H and O–H groups in total. The fourth-order valence-corrected chi connectivity index (χ4v) is 1.97. The summed E-state index contributed by atoms with van der Waals surface area (Å²) in [5, 5.41) is 3.48. The maximum atomic E-state index is 5.37. The van der Waals surface area contributed by atoms with Gasteiger partial charge >= 0.3 is 0 Å². The molecule has 1 aromatic rings. The number of likely N-dealkylation sites (N-methyl/N-ethyl adjacent to an activating group) is 1. The highest BCUT2D eigenvalue weighted by Crippen LogP contribution is 2.39. The highest BCUT2D eigenvalue weighted by Gasteiger charge is 2.16. The van der Waals surface area contributed by atoms with Crippen LogP contribution >= 0.6 is 0 Å². The van der Waals surface area contributed by atoms with Crippen LogP contribution in [0.25, 0.3) is 0 Å². The lowest BCUT2D eigenvalue weighted by Gasteiger charge is -2.19. The largest absolute Gasteiger partial charge is 0.493 e. The molecule has 114 valence electrons. The third kappa shape index (κ3) is 4.28. The van der Waals surface area contributed by atoms with Gasteiger partial charge in [-0.25, -0.2) is 0 Å². The van der Waals surface area contributed by atoms with Gasteiger partial charge in [-0.2, -0.15) is 0 Å². The molecule has 0 aliphatic carbocycles. The van der Waals surface area contributed by atoms with Gasteiger partial charge in [0.15, 0.2) is 11.5 Å². The molecular formula is C15H26N2O3. The Morgan fingerprint density at radius 3 is 2.00 bits per heavy atom. The molecule has 20 heavy (non-hydrogen) atoms. The molecule has 5 heteroatoms. The van der Waals surface area contributed by atoms with E-state index in [0.717, 1.165) is 18.7 Å². The van der Waals surface area contributed by atoms with Crippen molar-refractivity contribution in [3.05, 3.63) is 17.7 Å². The zero-order chi connectivity index (χ0) is 15.1. The van der Waals surface area contributed by atoms with Gasteiger partial charge in [0.25, 0.3) is 0 Å². The molecular weight excluding hydrogens is 256 g/mol. The number of rotatable bonds is 8. The Hall–Kier alpha value is -1.46. The average molecular weight is 282 g/mol. The summed E-state index contributed by atoms with van der Waals surface area (Å²) in [6.07, 6.45) is 0. The molecule has 0 bridgehead atoms. The quantitative estimate of drug-likeness (QED) is 0.789. The van der Waals surface area contributed by atoms with E-state index in [4.69, 9.17) is 14.2 Å². The third-order valence-corrected chi connectivity index (χ3v) is 3.20. The molecule has 1 rings (SSSR count). The zero-order valence-electron chi connectivity index (χ0n) is 13.3. The molecule has 0 fully saturated rings. The highest BCUT2D eigenvalue weighted by molar-refractivity contribution is 5.54. The van der Waals surface area contributed by atoms with Gasteiger partial charge in [0.2, 0.25) is 5.75 Å². The van der Waals surface area contributed by atoms with E-state index in [-0.39, 0.29) is 6.04 Å². The Morgan fingerprint density at radius 2 is 1.60 bits per heavy atom. The summed E-state index contributed by atoms with van der Waals surface area (Å²) in [5.74, 6) is 1.99. The number of hydrogen-bond donors (Lipinski definition) is 1. The van der Waals surface area contributed by atoms with Gasteiger partial charge in [-0.1, -0.05) is 0 Å². The van der Waals surface area contributed by atoms with Crippen molar-refractivity contribution in [3.63, 3.8) is 0 Å². The van der Waals surface area contributed by atoms with Gasteiger partial charge in [0.05, 0.1) is 21.3 Å². The van der Waals surface area contributed by atoms with E-state index in [1.54, 1.807) is 21.3 Å². The van der Waals surface area contributed by atoms with Crippen LogP contribution in [0.2, 0.25) is 0 Å². The van der Waals surface area contributed by atoms with Crippen LogP contribution in [0, 0.1) is 0 Å². The molecule has 0 heterocycles. The lowest BCUT2D eigenvalue weighted by molar-refractivity contribution is 0.323. The summed E-state index contributed by atoms with van der Waals surface area (Å²) in [6.45, 7) is 4.04. The lowest BCUT2D eigenvalue weighted by Crippen LogP contribution is -2.28. The predicted molar refractivity (Wildman–Crippen MR) is 81.1 cm³/mol. The van der Waals surface area contributed by atoms with Crippen molar-refractivity contribution in [1.82, 2.24) is 10.2 Å². The van der Waals surface area contributed by atoms with E-state index in [1.165, 1.54) is 0 Å². The summed E-state index contributed by atoms with van der Waals surface area (Å²) in [4.78, 5) is 2.15. The van der Waals surface area contributed by atoms with E-state index in [0.29, 0.717) is 17.2 Å². The van der Waals surface area contributed by atoms with Crippen LogP contribution < -0.4 is 19.5 Å². The fourth-order valence-electron chi connectivity index (χ4n) is 1.97. The molecule has 0 amide bonds. The summed E-state index contributed by atoms with van der Waals surface area (Å²) in [6, 6.07) is 4.17. The first-order valence-corrected chi connectivity index (χ1v) is 6.71. The third-order valence-electron chi connectivity index (χ3n) is 3.20. The van der Waals surface area contributed by atoms with Crippen molar-refractivity contribution in [2.45, 2.75) is 13.0 Å². The monoisotopic (exact) mass is 282 g/mol. The second-order valence-corrected chi connectivity index (χ2v) is 4.94. The second-order valence-electron chi connectivity index (χ2n) is 4.94. The molecule has 0 aromatic heterocycles. The molecule has 0 radical (unpaired) electrons. The molecule has 1 unspecified atom stereocenters. The Kier molecular flexibility index (Phi) is 6.61. The van der Waals surface area contributed by atoms with Crippen LogP contribution in [0.5, 0.6) is 17.2 Å². The smallest absolute Gasteiger partial charge is 0.203 e. The summed E-state index contributed by atoms with van der Waals surface area (Å²) in [5.41, 5.74) is 1.11. The molecule has 0 aliphatic heterocycles. The molecule has 5 nitrogen and oxygen atoms in total. The maximum absolute atomic E-state index is 5.37. The van der Waals surface area contributed by atoms with E-state index < -0.39 is 0 Å². The minimum atomic E-state index is 0.212. The molecule has 1 aromatic carbocycles. The van der Waals surface area contributed by atoms with Crippen molar-refractivity contribution in [1.29, 1.82) is 0 Å². The van der Waals surface area contributed by atoms with Crippen LogP contribution in [0.3, 0.4) is 0 Å². The number of nitrogens with zero attached hydrogens (tertiary/aromatic N) is 1. The molecule has 0 spiro atoms. The average Bonchev–Trinajstić information content (AvgIpc) is 2.44. The SMILES string of the molecule is COc1cc(C(C)NCCN(C)C)cc(OC)c1OC. The fraction of sp³-hybridized carbons (Fsp3) is 0.600. The first-order valence-electron chi connectivity index (χ1n) is 6.71. The number of methoxy groups -OCH3 is 3. The van der Waals surface area contributed by atoms with Gasteiger partial charge in [-0.15, -0.1) is 0 Å². The van der Waals surface area contributed by atoms with Gasteiger partial charge in [0.1, 0.15) is 0 Å². The summed E-state index contributed by atoms with van der Waals surface area (Å²) in [7, 11) is 8.99. The van der Waals surface area contributed by atoms with E-state index in [1.807, 2.05) is 12.1 Å². The standard InChI is InChI=1S/C15H26N2O3/c1-11(16-7-8-17(2)3)12-9-13(18-4)15(20-6)14(10-12)19-5/h9-11,16H,7-8H2,1-6H3. The van der Waals surface area contributed by atoms with Crippen LogP contribution in [0.15, 0.2) is 12.1 Å². The van der Waals surface area contributed by atoms with Gasteiger partial charge in [0, 0.05) is 19.1 Å². The zero-order valence-corrected chi connectivity index (χ0v) is 13.3. The van der Waals surface area contributed by atoms with Crippen molar-refractivity contribution < 1.29 is 14.2 Å². The number of benzene rings is 1. The van der Waals surface area contributed by atoms with Crippen LogP contribution in [0.1, 0.15) is 18.5 Å². The molecule has 0 saturated carbocycles. The van der Waals surface area contributed by atoms with Crippen molar-refractivity contribution in [3.8, 4) is 17.2 Å². The van der Waals surface area contributed by atoms with E-state index in [9.17, 15) is 0 Å². The highest BCUT2D eigenvalue weighted by atomic mass is 16.5. The van der Waals surface area contributed by atoms with Crippen molar-refractivity contribution in [2.24, 2.45) is 0 Å². The van der Waals surface area contributed by atoms with Gasteiger partial charge < -0.3 is 24.4 Å². The molecule has 1 atom stereocenters. The van der Waals surface area contributed by atoms with Crippen LogP contribution in [-0.2, 0) is 0 Å². The number of hydrogen-bond acceptors (Lipinski definition) is 5. The van der Waals surface area contributed by atoms with E-state index in [2.05, 4.69) is 31.2 Å². The number of ether oxygens (including phenoxy) is 3. The Morgan fingerprint density at radius 1 is 1.05 bits per heavy atom. The Balaban J connectivity index is 2.89. The van der Waals surface area contributed by atoms with Gasteiger partial charge in [-0.05, 0) is 38.7 Å². The summed E-state index contributed by atoms with van der Waals surface area (Å²) < 4.78 is 16.1. The van der Waals surface area contributed by atoms with Crippen molar-refractivity contribution >= 4 is 0 Å². The minimum Gasteiger partial charge on any atom is -0.493 e. The first-order chi connectivity index (χ1) is 9.53. The van der Waals surface area contributed by atoms with Crippen LogP contribution in [0.4, 0.5) is 0 Å². The first kappa shape index (κ1) is 16.6. The predicted octanol–water partition coefficient (Wildman–Crippen LogP) is 1.92. The topological polar surface area (TPSA) is 43.0 Å². The molecule has 0 saturated heterocycles. The number of nitrogens with one attached hydrogen (secondary N) is 1. The Bertz CT molecular complexity index is 397. The Labute approximate surface area is 121 Å². The van der Waals surface area contributed by atoms with Gasteiger partial charge in [-0.3, -0.25) is 0 Å².